The molecule has 1 aromatic heterocycles. The van der Waals surface area contributed by atoms with Gasteiger partial charge in [0.25, 0.3) is 0 Å². The maximum atomic E-state index is 13.1. The summed E-state index contributed by atoms with van der Waals surface area (Å²) in [6.07, 6.45) is 2.47. The monoisotopic (exact) mass is 405 g/mol. The first-order chi connectivity index (χ1) is 14.2. The van der Waals surface area contributed by atoms with Crippen LogP contribution in [0.2, 0.25) is 0 Å². The van der Waals surface area contributed by atoms with Crippen molar-refractivity contribution in [2.45, 2.75) is 19.3 Å². The number of methoxy groups -OCH3 is 1. The van der Waals surface area contributed by atoms with Crippen molar-refractivity contribution in [2.24, 2.45) is 0 Å². The van der Waals surface area contributed by atoms with Crippen LogP contribution in [-0.2, 0) is 11.2 Å². The fourth-order valence-electron chi connectivity index (χ4n) is 3.63. The van der Waals surface area contributed by atoms with Gasteiger partial charge in [0.05, 0.1) is 18.4 Å². The number of ketones is 1. The smallest absolute Gasteiger partial charge is 0.227 e. The Morgan fingerprint density at radius 1 is 1.00 bits per heavy atom. The van der Waals surface area contributed by atoms with Crippen molar-refractivity contribution < 1.29 is 14.3 Å². The summed E-state index contributed by atoms with van der Waals surface area (Å²) >= 11 is 1.46. The van der Waals surface area contributed by atoms with Crippen LogP contribution >= 0.6 is 11.3 Å². The van der Waals surface area contributed by atoms with Gasteiger partial charge in [-0.2, -0.15) is 0 Å². The first kappa shape index (κ1) is 19.4. The first-order valence-corrected chi connectivity index (χ1v) is 10.6. The number of ether oxygens (including phenoxy) is 1. The summed E-state index contributed by atoms with van der Waals surface area (Å²) in [6, 6.07) is 19.0. The van der Waals surface area contributed by atoms with Gasteiger partial charge in [-0.25, -0.2) is 0 Å². The van der Waals surface area contributed by atoms with E-state index in [-0.39, 0.29) is 11.7 Å². The summed E-state index contributed by atoms with van der Waals surface area (Å²) in [4.78, 5) is 29.4. The number of hydrogen-bond acceptors (Lipinski definition) is 4. The van der Waals surface area contributed by atoms with E-state index in [1.807, 2.05) is 41.3 Å². The molecule has 5 heteroatoms. The van der Waals surface area contributed by atoms with Crippen LogP contribution in [0.15, 0.2) is 60.7 Å². The molecular weight excluding hydrogens is 382 g/mol. The molecule has 0 N–H and O–H groups in total. The minimum absolute atomic E-state index is 0.0327. The Kier molecular flexibility index (Phi) is 5.76. The summed E-state index contributed by atoms with van der Waals surface area (Å²) in [5.74, 6) is 0.824. The van der Waals surface area contributed by atoms with Crippen LogP contribution in [0.5, 0.6) is 5.75 Å². The van der Waals surface area contributed by atoms with Crippen LogP contribution in [0.1, 0.15) is 33.6 Å². The molecule has 0 atom stereocenters. The topological polar surface area (TPSA) is 46.6 Å². The summed E-state index contributed by atoms with van der Waals surface area (Å²) in [7, 11) is 1.60. The predicted molar refractivity (Wildman–Crippen MR) is 116 cm³/mol. The number of rotatable bonds is 6. The standard InChI is InChI=1S/C24H23NO3S/c1-28-20-11-9-17(10-12-20)23(27)21-15-19(16-22(26)25-13-5-6-14-25)24(29-21)18-7-3-2-4-8-18/h2-4,7-12,15H,5-6,13-14,16H2,1H3. The molecule has 1 fully saturated rings. The second-order valence-electron chi connectivity index (χ2n) is 7.15. The predicted octanol–water partition coefficient (Wildman–Crippen LogP) is 4.82. The lowest BCUT2D eigenvalue weighted by molar-refractivity contribution is -0.129. The summed E-state index contributed by atoms with van der Waals surface area (Å²) in [6.45, 7) is 1.67. The van der Waals surface area contributed by atoms with Gasteiger partial charge in [0.15, 0.2) is 0 Å². The van der Waals surface area contributed by atoms with Gasteiger partial charge in [-0.05, 0) is 54.3 Å². The van der Waals surface area contributed by atoms with E-state index in [9.17, 15) is 9.59 Å². The maximum Gasteiger partial charge on any atom is 0.227 e. The number of likely N-dealkylation sites (tertiary alicyclic amines) is 1. The Morgan fingerprint density at radius 2 is 1.69 bits per heavy atom. The van der Waals surface area contributed by atoms with Crippen molar-refractivity contribution >= 4 is 23.0 Å². The van der Waals surface area contributed by atoms with E-state index in [1.54, 1.807) is 31.4 Å². The molecule has 0 radical (unpaired) electrons. The summed E-state index contributed by atoms with van der Waals surface area (Å²) in [5.41, 5.74) is 2.58. The number of thiophene rings is 1. The Balaban J connectivity index is 1.66. The number of carbonyl (C=O) groups excluding carboxylic acids is 2. The molecule has 3 aromatic rings. The molecule has 1 aliphatic rings. The highest BCUT2D eigenvalue weighted by Gasteiger charge is 2.23. The number of amides is 1. The third-order valence-corrected chi connectivity index (χ3v) is 6.45. The quantitative estimate of drug-likeness (QED) is 0.553. The molecule has 148 valence electrons. The summed E-state index contributed by atoms with van der Waals surface area (Å²) in [5, 5.41) is 0. The van der Waals surface area contributed by atoms with Crippen LogP contribution in [0.25, 0.3) is 10.4 Å². The number of nitrogens with zero attached hydrogens (tertiary/aromatic N) is 1. The molecule has 4 rings (SSSR count). The molecule has 1 amide bonds. The molecule has 2 heterocycles. The molecule has 2 aromatic carbocycles. The van der Waals surface area contributed by atoms with Gasteiger partial charge in [-0.15, -0.1) is 11.3 Å². The lowest BCUT2D eigenvalue weighted by atomic mass is 10.0. The Morgan fingerprint density at radius 3 is 2.34 bits per heavy atom. The molecule has 0 saturated carbocycles. The minimum atomic E-state index is -0.0327. The second-order valence-corrected chi connectivity index (χ2v) is 8.21. The Hall–Kier alpha value is -2.92. The van der Waals surface area contributed by atoms with Gasteiger partial charge in [0, 0.05) is 23.5 Å². The van der Waals surface area contributed by atoms with Crippen molar-refractivity contribution in [2.75, 3.05) is 20.2 Å². The van der Waals surface area contributed by atoms with E-state index in [0.29, 0.717) is 16.9 Å². The van der Waals surface area contributed by atoms with Gasteiger partial charge in [-0.1, -0.05) is 30.3 Å². The van der Waals surface area contributed by atoms with Crippen LogP contribution in [-0.4, -0.2) is 36.8 Å². The van der Waals surface area contributed by atoms with Crippen molar-refractivity contribution in [3.63, 3.8) is 0 Å². The van der Waals surface area contributed by atoms with Crippen molar-refractivity contribution in [3.05, 3.63) is 76.7 Å². The summed E-state index contributed by atoms with van der Waals surface area (Å²) < 4.78 is 5.18. The van der Waals surface area contributed by atoms with Gasteiger partial charge >= 0.3 is 0 Å². The fraction of sp³-hybridized carbons (Fsp3) is 0.250. The van der Waals surface area contributed by atoms with Gasteiger partial charge in [0.1, 0.15) is 5.75 Å². The number of carbonyl (C=O) groups is 2. The average Bonchev–Trinajstić information content (AvgIpc) is 3.44. The zero-order valence-corrected chi connectivity index (χ0v) is 17.2. The van der Waals surface area contributed by atoms with E-state index in [0.717, 1.165) is 47.7 Å². The van der Waals surface area contributed by atoms with E-state index < -0.39 is 0 Å². The SMILES string of the molecule is COc1ccc(C(=O)c2cc(CC(=O)N3CCCC3)c(-c3ccccc3)s2)cc1. The average molecular weight is 406 g/mol. The Bertz CT molecular complexity index is 1000. The van der Waals surface area contributed by atoms with Crippen LogP contribution in [0.3, 0.4) is 0 Å². The molecule has 1 aliphatic heterocycles. The van der Waals surface area contributed by atoms with Crippen molar-refractivity contribution in [1.29, 1.82) is 0 Å². The van der Waals surface area contributed by atoms with Gasteiger partial charge in [0.2, 0.25) is 11.7 Å². The first-order valence-electron chi connectivity index (χ1n) is 9.80. The lowest BCUT2D eigenvalue weighted by Crippen LogP contribution is -2.29. The third kappa shape index (κ3) is 4.25. The second kappa shape index (κ2) is 8.62. The van der Waals surface area contributed by atoms with Gasteiger partial charge < -0.3 is 9.64 Å². The molecule has 0 bridgehead atoms. The van der Waals surface area contributed by atoms with E-state index in [2.05, 4.69) is 0 Å². The maximum absolute atomic E-state index is 13.1. The zero-order chi connectivity index (χ0) is 20.2. The highest BCUT2D eigenvalue weighted by atomic mass is 32.1. The highest BCUT2D eigenvalue weighted by molar-refractivity contribution is 7.17. The van der Waals surface area contributed by atoms with Crippen molar-refractivity contribution in [1.82, 2.24) is 4.90 Å². The lowest BCUT2D eigenvalue weighted by Gasteiger charge is -2.15. The molecule has 1 saturated heterocycles. The molecule has 0 spiro atoms. The molecular formula is C24H23NO3S. The van der Waals surface area contributed by atoms with E-state index in [4.69, 9.17) is 4.74 Å². The minimum Gasteiger partial charge on any atom is -0.497 e. The third-order valence-electron chi connectivity index (χ3n) is 5.22. The molecule has 0 unspecified atom stereocenters. The molecule has 4 nitrogen and oxygen atoms in total. The van der Waals surface area contributed by atoms with E-state index in [1.165, 1.54) is 11.3 Å². The Labute approximate surface area is 174 Å². The van der Waals surface area contributed by atoms with Crippen LogP contribution < -0.4 is 4.74 Å². The van der Waals surface area contributed by atoms with Crippen LogP contribution in [0, 0.1) is 0 Å². The normalized spacial score (nSPS) is 13.5. The molecule has 0 aliphatic carbocycles. The highest BCUT2D eigenvalue weighted by Crippen LogP contribution is 2.35. The largest absolute Gasteiger partial charge is 0.497 e. The fourth-order valence-corrected chi connectivity index (χ4v) is 4.78. The number of hydrogen-bond donors (Lipinski definition) is 0. The molecule has 29 heavy (non-hydrogen) atoms. The zero-order valence-electron chi connectivity index (χ0n) is 16.4. The van der Waals surface area contributed by atoms with E-state index >= 15 is 0 Å². The van der Waals surface area contributed by atoms with Crippen LogP contribution in [0.4, 0.5) is 0 Å². The number of benzene rings is 2. The van der Waals surface area contributed by atoms with Crippen molar-refractivity contribution in [3.8, 4) is 16.2 Å². The van der Waals surface area contributed by atoms with Gasteiger partial charge in [-0.3, -0.25) is 9.59 Å².